The number of aryl methyl sites for hydroxylation is 1. The fourth-order valence-corrected chi connectivity index (χ4v) is 1.46. The molecule has 104 valence electrons. The Bertz CT molecular complexity index is 515. The summed E-state index contributed by atoms with van der Waals surface area (Å²) in [7, 11) is 0. The van der Waals surface area contributed by atoms with Gasteiger partial charge in [0, 0.05) is 5.56 Å². The largest absolute Gasteiger partial charge is 0.489 e. The third-order valence-electron chi connectivity index (χ3n) is 2.42. The van der Waals surface area contributed by atoms with Crippen molar-refractivity contribution in [2.24, 2.45) is 0 Å². The maximum atomic E-state index is 13.5. The van der Waals surface area contributed by atoms with Crippen LogP contribution in [0.15, 0.2) is 42.5 Å². The fourth-order valence-electron chi connectivity index (χ4n) is 1.46. The van der Waals surface area contributed by atoms with E-state index in [4.69, 9.17) is 4.74 Å². The molecule has 1 nitrogen and oxygen atoms in total. The first-order valence-corrected chi connectivity index (χ1v) is 5.28. The van der Waals surface area contributed by atoms with Gasteiger partial charge in [0.05, 0.1) is 0 Å². The van der Waals surface area contributed by atoms with Crippen LogP contribution in [0.25, 0.3) is 0 Å². The van der Waals surface area contributed by atoms with Gasteiger partial charge in [0.25, 0.3) is 0 Å². The van der Waals surface area contributed by atoms with E-state index in [2.05, 4.69) is 0 Å². The quantitative estimate of drug-likeness (QED) is 0.799. The normalized spacial score (nSPS) is 9.21. The van der Waals surface area contributed by atoms with Crippen LogP contribution in [0.3, 0.4) is 0 Å². The molecular weight excluding hydrogens is 293 g/mol. The van der Waals surface area contributed by atoms with Crippen molar-refractivity contribution in [1.82, 2.24) is 0 Å². The first-order chi connectivity index (χ1) is 8.15. The van der Waals surface area contributed by atoms with Gasteiger partial charge in [-0.3, -0.25) is 0 Å². The maximum Gasteiger partial charge on any atom is 0.130 e. The molecule has 19 heavy (non-hydrogen) atoms. The average molecular weight is 307 g/mol. The van der Waals surface area contributed by atoms with Crippen molar-refractivity contribution in [3.8, 4) is 5.75 Å². The molecule has 0 spiro atoms. The molecule has 0 amide bonds. The highest BCUT2D eigenvalue weighted by molar-refractivity contribution is 5.85. The van der Waals surface area contributed by atoms with Crippen LogP contribution in [0.2, 0.25) is 0 Å². The monoisotopic (exact) mass is 306 g/mol. The summed E-state index contributed by atoms with van der Waals surface area (Å²) in [5.41, 5.74) is 1.35. The van der Waals surface area contributed by atoms with Gasteiger partial charge >= 0.3 is 0 Å². The highest BCUT2D eigenvalue weighted by atomic mass is 35.5. The van der Waals surface area contributed by atoms with Gasteiger partial charge in [-0.05, 0) is 42.8 Å². The molecular formula is C14H14Cl2F2O. The average Bonchev–Trinajstić information content (AvgIpc) is 2.30. The second-order valence-corrected chi connectivity index (χ2v) is 3.84. The van der Waals surface area contributed by atoms with E-state index in [9.17, 15) is 8.78 Å². The summed E-state index contributed by atoms with van der Waals surface area (Å²) in [6, 6.07) is 10.6. The van der Waals surface area contributed by atoms with Crippen LogP contribution >= 0.6 is 24.8 Å². The lowest BCUT2D eigenvalue weighted by atomic mass is 10.1. The Morgan fingerprint density at radius 2 is 1.58 bits per heavy atom. The summed E-state index contributed by atoms with van der Waals surface area (Å²) in [5, 5.41) is 0. The van der Waals surface area contributed by atoms with Gasteiger partial charge < -0.3 is 4.74 Å². The standard InChI is InChI=1S/C14H12F2O.2ClH/c1-10-2-3-11(14(16)8-10)9-17-13-6-4-12(15)5-7-13;;/h2-8H,9H2,1H3;2*1H. The van der Waals surface area contributed by atoms with Gasteiger partial charge in [-0.25, -0.2) is 8.78 Å². The Kier molecular flexibility index (Phi) is 7.42. The molecule has 0 fully saturated rings. The Morgan fingerprint density at radius 1 is 0.947 bits per heavy atom. The molecule has 0 radical (unpaired) electrons. The van der Waals surface area contributed by atoms with E-state index in [1.54, 1.807) is 6.07 Å². The molecule has 2 rings (SSSR count). The lowest BCUT2D eigenvalue weighted by molar-refractivity contribution is 0.299. The molecule has 0 aliphatic carbocycles. The van der Waals surface area contributed by atoms with Gasteiger partial charge in [-0.1, -0.05) is 12.1 Å². The number of hydrogen-bond donors (Lipinski definition) is 0. The number of halogens is 4. The first-order valence-electron chi connectivity index (χ1n) is 5.28. The molecule has 2 aromatic carbocycles. The summed E-state index contributed by atoms with van der Waals surface area (Å²) in [5.74, 6) is -0.0858. The summed E-state index contributed by atoms with van der Waals surface area (Å²) >= 11 is 0. The van der Waals surface area contributed by atoms with Crippen LogP contribution in [0.5, 0.6) is 5.75 Å². The smallest absolute Gasteiger partial charge is 0.130 e. The lowest BCUT2D eigenvalue weighted by Crippen LogP contribution is -1.98. The molecule has 5 heteroatoms. The minimum atomic E-state index is -0.320. The Hall–Kier alpha value is -1.32. The molecule has 0 atom stereocenters. The number of rotatable bonds is 3. The molecule has 0 bridgehead atoms. The minimum Gasteiger partial charge on any atom is -0.489 e. The number of ether oxygens (including phenoxy) is 1. The molecule has 0 unspecified atom stereocenters. The van der Waals surface area contributed by atoms with E-state index in [-0.39, 0.29) is 43.1 Å². The van der Waals surface area contributed by atoms with Gasteiger partial charge in [0.1, 0.15) is 24.0 Å². The SMILES string of the molecule is Cc1ccc(COc2ccc(F)cc2)c(F)c1.Cl.Cl. The van der Waals surface area contributed by atoms with E-state index in [1.165, 1.54) is 30.3 Å². The van der Waals surface area contributed by atoms with Crippen molar-refractivity contribution in [1.29, 1.82) is 0 Å². The van der Waals surface area contributed by atoms with Gasteiger partial charge in [-0.15, -0.1) is 24.8 Å². The first kappa shape index (κ1) is 17.7. The summed E-state index contributed by atoms with van der Waals surface area (Å²) < 4.78 is 31.5. The molecule has 0 N–H and O–H groups in total. The third-order valence-corrected chi connectivity index (χ3v) is 2.42. The topological polar surface area (TPSA) is 9.23 Å². The lowest BCUT2D eigenvalue weighted by Gasteiger charge is -2.07. The Balaban J connectivity index is 0.00000162. The van der Waals surface area contributed by atoms with E-state index < -0.39 is 0 Å². The number of hydrogen-bond acceptors (Lipinski definition) is 1. The van der Waals surface area contributed by atoms with Crippen LogP contribution < -0.4 is 4.74 Å². The minimum absolute atomic E-state index is 0. The Morgan fingerprint density at radius 3 is 2.16 bits per heavy atom. The maximum absolute atomic E-state index is 13.5. The Labute approximate surface area is 123 Å². The van der Waals surface area contributed by atoms with Crippen molar-refractivity contribution in [3.63, 3.8) is 0 Å². The van der Waals surface area contributed by atoms with Crippen molar-refractivity contribution < 1.29 is 13.5 Å². The van der Waals surface area contributed by atoms with Crippen molar-refractivity contribution in [2.75, 3.05) is 0 Å². The van der Waals surface area contributed by atoms with Crippen molar-refractivity contribution >= 4 is 24.8 Å². The van der Waals surface area contributed by atoms with Crippen LogP contribution in [0.4, 0.5) is 8.78 Å². The molecule has 0 aliphatic rings. The van der Waals surface area contributed by atoms with Crippen LogP contribution in [0, 0.1) is 18.6 Å². The van der Waals surface area contributed by atoms with Crippen molar-refractivity contribution in [3.05, 3.63) is 65.2 Å². The summed E-state index contributed by atoms with van der Waals surface area (Å²) in [6.07, 6.45) is 0. The predicted molar refractivity (Wildman–Crippen MR) is 76.4 cm³/mol. The molecule has 2 aromatic rings. The van der Waals surface area contributed by atoms with E-state index >= 15 is 0 Å². The van der Waals surface area contributed by atoms with Crippen molar-refractivity contribution in [2.45, 2.75) is 13.5 Å². The zero-order valence-electron chi connectivity index (χ0n) is 10.2. The molecule has 0 heterocycles. The van der Waals surface area contributed by atoms with Crippen LogP contribution in [-0.2, 0) is 6.61 Å². The van der Waals surface area contributed by atoms with Gasteiger partial charge in [0.15, 0.2) is 0 Å². The number of benzene rings is 2. The van der Waals surface area contributed by atoms with Crippen LogP contribution in [0.1, 0.15) is 11.1 Å². The van der Waals surface area contributed by atoms with Gasteiger partial charge in [0.2, 0.25) is 0 Å². The zero-order valence-corrected chi connectivity index (χ0v) is 11.9. The molecule has 0 saturated heterocycles. The molecule has 0 aromatic heterocycles. The second-order valence-electron chi connectivity index (χ2n) is 3.84. The third kappa shape index (κ3) is 5.05. The van der Waals surface area contributed by atoms with Crippen LogP contribution in [-0.4, -0.2) is 0 Å². The van der Waals surface area contributed by atoms with E-state index in [1.807, 2.05) is 13.0 Å². The second kappa shape index (κ2) is 7.97. The summed E-state index contributed by atoms with van der Waals surface area (Å²) in [4.78, 5) is 0. The summed E-state index contributed by atoms with van der Waals surface area (Å²) in [6.45, 7) is 1.96. The fraction of sp³-hybridized carbons (Fsp3) is 0.143. The zero-order chi connectivity index (χ0) is 12.3. The van der Waals surface area contributed by atoms with Gasteiger partial charge in [-0.2, -0.15) is 0 Å². The highest BCUT2D eigenvalue weighted by Crippen LogP contribution is 2.15. The predicted octanol–water partition coefficient (Wildman–Crippen LogP) is 4.70. The van der Waals surface area contributed by atoms with E-state index in [0.29, 0.717) is 11.3 Å². The molecule has 0 aliphatic heterocycles. The highest BCUT2D eigenvalue weighted by Gasteiger charge is 2.03. The molecule has 0 saturated carbocycles. The van der Waals surface area contributed by atoms with E-state index in [0.717, 1.165) is 5.56 Å².